The summed E-state index contributed by atoms with van der Waals surface area (Å²) in [5.74, 6) is -0.955. The van der Waals surface area contributed by atoms with Gasteiger partial charge in [-0.1, -0.05) is 6.07 Å². The molecule has 122 valence electrons. The second-order valence-electron chi connectivity index (χ2n) is 4.47. The topological polar surface area (TPSA) is 102 Å². The van der Waals surface area contributed by atoms with Gasteiger partial charge in [0.1, 0.15) is 11.9 Å². The van der Waals surface area contributed by atoms with Gasteiger partial charge < -0.3 is 24.4 Å². The van der Waals surface area contributed by atoms with Gasteiger partial charge in [-0.3, -0.25) is 4.79 Å². The number of ether oxygens (including phenoxy) is 3. The number of carbonyl (C=O) groups is 2. The van der Waals surface area contributed by atoms with Crippen molar-refractivity contribution in [3.63, 3.8) is 0 Å². The number of benzene rings is 1. The van der Waals surface area contributed by atoms with Crippen LogP contribution in [-0.4, -0.2) is 49.1 Å². The number of hydrogen-bond donors (Lipinski definition) is 2. The Morgan fingerprint density at radius 3 is 2.45 bits per heavy atom. The molecule has 2 atom stereocenters. The van der Waals surface area contributed by atoms with Gasteiger partial charge in [-0.2, -0.15) is 0 Å². The zero-order valence-electron chi connectivity index (χ0n) is 12.7. The molecule has 0 amide bonds. The Morgan fingerprint density at radius 2 is 1.91 bits per heavy atom. The second kappa shape index (κ2) is 8.35. The molecule has 2 N–H and O–H groups in total. The fourth-order valence-corrected chi connectivity index (χ4v) is 1.91. The van der Waals surface area contributed by atoms with Crippen LogP contribution in [0.25, 0.3) is 0 Å². The summed E-state index contributed by atoms with van der Waals surface area (Å²) in [5, 5.41) is 20.1. The molecule has 0 spiro atoms. The first-order chi connectivity index (χ1) is 10.4. The van der Waals surface area contributed by atoms with Crippen molar-refractivity contribution < 1.29 is 34.0 Å². The average Bonchev–Trinajstić information content (AvgIpc) is 2.52. The molecule has 1 aromatic rings. The monoisotopic (exact) mass is 312 g/mol. The zero-order chi connectivity index (χ0) is 16.7. The van der Waals surface area contributed by atoms with Crippen molar-refractivity contribution in [2.45, 2.75) is 25.6 Å². The number of esters is 2. The van der Waals surface area contributed by atoms with Gasteiger partial charge in [0.2, 0.25) is 0 Å². The standard InChI is InChI=1S/C15H20O7/c1-4-22-13(17)8-11(16)14(18)10-6-5-9(15(19)21-3)7-12(10)20-2/h5-7,11,14,16,18H,4,8H2,1-3H3. The minimum absolute atomic E-state index is 0.193. The Hall–Kier alpha value is -2.12. The molecule has 1 rings (SSSR count). The van der Waals surface area contributed by atoms with Crippen molar-refractivity contribution in [1.29, 1.82) is 0 Å². The lowest BCUT2D eigenvalue weighted by Crippen LogP contribution is -2.23. The molecule has 0 heterocycles. The van der Waals surface area contributed by atoms with Crippen molar-refractivity contribution >= 4 is 11.9 Å². The van der Waals surface area contributed by atoms with Crippen LogP contribution >= 0.6 is 0 Å². The van der Waals surface area contributed by atoms with Crippen LogP contribution in [0.3, 0.4) is 0 Å². The molecule has 0 aromatic heterocycles. The van der Waals surface area contributed by atoms with E-state index in [0.29, 0.717) is 0 Å². The van der Waals surface area contributed by atoms with Crippen LogP contribution in [0, 0.1) is 0 Å². The van der Waals surface area contributed by atoms with Crippen LogP contribution in [0.1, 0.15) is 35.4 Å². The first-order valence-electron chi connectivity index (χ1n) is 6.72. The van der Waals surface area contributed by atoms with Gasteiger partial charge in [-0.25, -0.2) is 4.79 Å². The fraction of sp³-hybridized carbons (Fsp3) is 0.467. The van der Waals surface area contributed by atoms with Gasteiger partial charge in [0, 0.05) is 5.56 Å². The minimum Gasteiger partial charge on any atom is -0.496 e. The van der Waals surface area contributed by atoms with Crippen LogP contribution in [-0.2, 0) is 14.3 Å². The molecule has 2 unspecified atom stereocenters. The number of rotatable bonds is 7. The third-order valence-electron chi connectivity index (χ3n) is 3.02. The van der Waals surface area contributed by atoms with Crippen molar-refractivity contribution in [3.05, 3.63) is 29.3 Å². The van der Waals surface area contributed by atoms with E-state index < -0.39 is 24.1 Å². The van der Waals surface area contributed by atoms with Crippen molar-refractivity contribution in [2.24, 2.45) is 0 Å². The highest BCUT2D eigenvalue weighted by Crippen LogP contribution is 2.29. The Kier molecular flexibility index (Phi) is 6.81. The van der Waals surface area contributed by atoms with Crippen molar-refractivity contribution in [2.75, 3.05) is 20.8 Å². The van der Waals surface area contributed by atoms with Gasteiger partial charge in [-0.05, 0) is 19.1 Å². The lowest BCUT2D eigenvalue weighted by molar-refractivity contribution is -0.147. The van der Waals surface area contributed by atoms with E-state index in [1.807, 2.05) is 0 Å². The highest BCUT2D eigenvalue weighted by molar-refractivity contribution is 5.90. The van der Waals surface area contributed by atoms with E-state index in [-0.39, 0.29) is 29.9 Å². The summed E-state index contributed by atoms with van der Waals surface area (Å²) in [6.07, 6.45) is -3.06. The van der Waals surface area contributed by atoms with Crippen molar-refractivity contribution in [1.82, 2.24) is 0 Å². The molecule has 0 fully saturated rings. The molecular formula is C15H20O7. The summed E-state index contributed by atoms with van der Waals surface area (Å²) >= 11 is 0. The summed E-state index contributed by atoms with van der Waals surface area (Å²) in [6.45, 7) is 1.84. The number of methoxy groups -OCH3 is 2. The average molecular weight is 312 g/mol. The number of hydrogen-bond acceptors (Lipinski definition) is 7. The molecule has 0 aliphatic heterocycles. The maximum Gasteiger partial charge on any atom is 0.337 e. The molecule has 0 saturated heterocycles. The van der Waals surface area contributed by atoms with Crippen LogP contribution in [0.5, 0.6) is 5.75 Å². The first-order valence-corrected chi connectivity index (χ1v) is 6.72. The molecule has 0 saturated carbocycles. The maximum absolute atomic E-state index is 11.5. The molecule has 0 aliphatic rings. The largest absolute Gasteiger partial charge is 0.496 e. The van der Waals surface area contributed by atoms with E-state index in [0.717, 1.165) is 0 Å². The molecule has 7 nitrogen and oxygen atoms in total. The van der Waals surface area contributed by atoms with E-state index in [9.17, 15) is 19.8 Å². The molecular weight excluding hydrogens is 292 g/mol. The number of aliphatic hydroxyl groups excluding tert-OH is 2. The zero-order valence-corrected chi connectivity index (χ0v) is 12.7. The van der Waals surface area contributed by atoms with Crippen molar-refractivity contribution in [3.8, 4) is 5.75 Å². The maximum atomic E-state index is 11.5. The summed E-state index contributed by atoms with van der Waals surface area (Å²) < 4.78 is 14.4. The predicted octanol–water partition coefficient (Wildman–Crippen LogP) is 0.829. The Balaban J connectivity index is 2.94. The Morgan fingerprint density at radius 1 is 1.23 bits per heavy atom. The quantitative estimate of drug-likeness (QED) is 0.719. The van der Waals surface area contributed by atoms with Gasteiger partial charge in [0.25, 0.3) is 0 Å². The predicted molar refractivity (Wildman–Crippen MR) is 76.6 cm³/mol. The van der Waals surface area contributed by atoms with E-state index in [1.165, 1.54) is 32.4 Å². The van der Waals surface area contributed by atoms with Crippen LogP contribution in [0.2, 0.25) is 0 Å². The van der Waals surface area contributed by atoms with E-state index in [2.05, 4.69) is 4.74 Å². The van der Waals surface area contributed by atoms with E-state index in [1.54, 1.807) is 6.92 Å². The smallest absolute Gasteiger partial charge is 0.337 e. The molecule has 0 bridgehead atoms. The van der Waals surface area contributed by atoms with Crippen LogP contribution in [0.4, 0.5) is 0 Å². The van der Waals surface area contributed by atoms with Gasteiger partial charge >= 0.3 is 11.9 Å². The summed E-state index contributed by atoms with van der Waals surface area (Å²) in [7, 11) is 2.62. The minimum atomic E-state index is -1.36. The first kappa shape index (κ1) is 17.9. The van der Waals surface area contributed by atoms with Gasteiger partial charge in [0.15, 0.2) is 0 Å². The Bertz CT molecular complexity index is 527. The third-order valence-corrected chi connectivity index (χ3v) is 3.02. The van der Waals surface area contributed by atoms with Gasteiger partial charge in [-0.15, -0.1) is 0 Å². The number of aliphatic hydroxyl groups is 2. The summed E-state index contributed by atoms with van der Waals surface area (Å²) in [6, 6.07) is 4.26. The molecule has 22 heavy (non-hydrogen) atoms. The SMILES string of the molecule is CCOC(=O)CC(O)C(O)c1ccc(C(=O)OC)cc1OC. The highest BCUT2D eigenvalue weighted by atomic mass is 16.5. The highest BCUT2D eigenvalue weighted by Gasteiger charge is 2.25. The van der Waals surface area contributed by atoms with Gasteiger partial charge in [0.05, 0.1) is 38.9 Å². The lowest BCUT2D eigenvalue weighted by atomic mass is 9.99. The summed E-state index contributed by atoms with van der Waals surface area (Å²) in [4.78, 5) is 22.8. The molecule has 0 aliphatic carbocycles. The summed E-state index contributed by atoms with van der Waals surface area (Å²) in [5.41, 5.74) is 0.502. The third kappa shape index (κ3) is 4.44. The lowest BCUT2D eigenvalue weighted by Gasteiger charge is -2.20. The number of carbonyl (C=O) groups excluding carboxylic acids is 2. The van der Waals surface area contributed by atoms with Crippen LogP contribution in [0.15, 0.2) is 18.2 Å². The normalized spacial score (nSPS) is 13.1. The van der Waals surface area contributed by atoms with E-state index in [4.69, 9.17) is 9.47 Å². The Labute approximate surface area is 128 Å². The van der Waals surface area contributed by atoms with E-state index >= 15 is 0 Å². The molecule has 1 aromatic carbocycles. The fourth-order valence-electron chi connectivity index (χ4n) is 1.91. The van der Waals surface area contributed by atoms with Crippen LogP contribution < -0.4 is 4.74 Å². The molecule has 7 heteroatoms. The molecule has 0 radical (unpaired) electrons. The second-order valence-corrected chi connectivity index (χ2v) is 4.47.